The van der Waals surface area contributed by atoms with Gasteiger partial charge in [-0.3, -0.25) is 19.3 Å². The van der Waals surface area contributed by atoms with Gasteiger partial charge in [0, 0.05) is 13.1 Å². The Hall–Kier alpha value is -1.41. The highest BCUT2D eigenvalue weighted by atomic mass is 32.2. The average molecular weight is 342 g/mol. The summed E-state index contributed by atoms with van der Waals surface area (Å²) in [5.41, 5.74) is 0. The van der Waals surface area contributed by atoms with Crippen molar-refractivity contribution >= 4 is 46.1 Å². The van der Waals surface area contributed by atoms with Crippen LogP contribution in [0.15, 0.2) is 12.2 Å². The Morgan fingerprint density at radius 2 is 2.32 bits per heavy atom. The van der Waals surface area contributed by atoms with Crippen LogP contribution in [0.5, 0.6) is 0 Å². The largest absolute Gasteiger partial charge is 0.456 e. The van der Waals surface area contributed by atoms with E-state index in [1.807, 2.05) is 12.2 Å². The van der Waals surface area contributed by atoms with E-state index in [-0.39, 0.29) is 36.9 Å². The number of nitrogens with zero attached hydrogens (tertiary/aromatic N) is 1. The maximum Gasteiger partial charge on any atom is 0.306 e. The van der Waals surface area contributed by atoms with Crippen molar-refractivity contribution in [3.05, 3.63) is 12.2 Å². The first-order chi connectivity index (χ1) is 10.6. The quantitative estimate of drug-likeness (QED) is 0.420. The molecule has 1 heterocycles. The number of thioether (sulfide) groups is 1. The number of ether oxygens (including phenoxy) is 1. The Kier molecular flexibility index (Phi) is 6.38. The van der Waals surface area contributed by atoms with Gasteiger partial charge in [-0.15, -0.1) is 0 Å². The third-order valence-corrected chi connectivity index (χ3v) is 4.84. The molecule has 22 heavy (non-hydrogen) atoms. The summed E-state index contributed by atoms with van der Waals surface area (Å²) in [5, 5.41) is 2.61. The predicted molar refractivity (Wildman–Crippen MR) is 87.2 cm³/mol. The van der Waals surface area contributed by atoms with Gasteiger partial charge >= 0.3 is 5.97 Å². The zero-order chi connectivity index (χ0) is 15.9. The molecule has 1 atom stereocenters. The maximum absolute atomic E-state index is 11.6. The number of amides is 2. The minimum Gasteiger partial charge on any atom is -0.456 e. The van der Waals surface area contributed by atoms with Crippen LogP contribution in [0.1, 0.15) is 19.3 Å². The highest BCUT2D eigenvalue weighted by Crippen LogP contribution is 2.20. The lowest BCUT2D eigenvalue weighted by molar-refractivity contribution is -0.149. The lowest BCUT2D eigenvalue weighted by Gasteiger charge is -2.15. The highest BCUT2D eigenvalue weighted by Gasteiger charge is 2.26. The molecule has 2 amide bonds. The zero-order valence-corrected chi connectivity index (χ0v) is 13.7. The normalized spacial score (nSPS) is 20.5. The van der Waals surface area contributed by atoms with Gasteiger partial charge in [-0.1, -0.05) is 36.1 Å². The van der Waals surface area contributed by atoms with Crippen molar-refractivity contribution in [2.75, 3.05) is 25.4 Å². The van der Waals surface area contributed by atoms with Crippen LogP contribution in [0.4, 0.5) is 0 Å². The molecule has 1 N–H and O–H groups in total. The second kappa shape index (κ2) is 8.28. The van der Waals surface area contributed by atoms with Crippen molar-refractivity contribution in [3.63, 3.8) is 0 Å². The van der Waals surface area contributed by atoms with E-state index in [4.69, 9.17) is 17.0 Å². The molecule has 1 saturated heterocycles. The number of carbonyl (C=O) groups excluding carboxylic acids is 3. The summed E-state index contributed by atoms with van der Waals surface area (Å²) in [6.07, 6.45) is 6.33. The van der Waals surface area contributed by atoms with Gasteiger partial charge in [-0.25, -0.2) is 0 Å². The summed E-state index contributed by atoms with van der Waals surface area (Å²) in [4.78, 5) is 36.1. The Morgan fingerprint density at radius 1 is 1.50 bits per heavy atom. The van der Waals surface area contributed by atoms with E-state index in [0.29, 0.717) is 23.0 Å². The number of rotatable bonds is 7. The summed E-state index contributed by atoms with van der Waals surface area (Å²) in [7, 11) is 0. The highest BCUT2D eigenvalue weighted by molar-refractivity contribution is 8.23. The topological polar surface area (TPSA) is 75.7 Å². The molecule has 2 aliphatic rings. The summed E-state index contributed by atoms with van der Waals surface area (Å²) in [5.74, 6) is -0.185. The first-order valence-corrected chi connectivity index (χ1v) is 8.52. The maximum atomic E-state index is 11.6. The first-order valence-electron chi connectivity index (χ1n) is 7.12. The number of hydrogen-bond donors (Lipinski definition) is 1. The van der Waals surface area contributed by atoms with Gasteiger partial charge in [0.1, 0.15) is 4.32 Å². The Bertz CT molecular complexity index is 491. The van der Waals surface area contributed by atoms with Crippen LogP contribution in [0, 0.1) is 5.92 Å². The molecule has 0 aromatic rings. The third kappa shape index (κ3) is 5.10. The Morgan fingerprint density at radius 3 is 2.95 bits per heavy atom. The van der Waals surface area contributed by atoms with Gasteiger partial charge in [0.25, 0.3) is 5.91 Å². The third-order valence-electron chi connectivity index (χ3n) is 3.40. The molecule has 0 unspecified atom stereocenters. The molecule has 1 aliphatic heterocycles. The smallest absolute Gasteiger partial charge is 0.306 e. The van der Waals surface area contributed by atoms with E-state index in [1.54, 1.807) is 0 Å². The van der Waals surface area contributed by atoms with Crippen molar-refractivity contribution in [2.24, 2.45) is 5.92 Å². The molecule has 1 fully saturated rings. The van der Waals surface area contributed by atoms with E-state index in [2.05, 4.69) is 5.32 Å². The van der Waals surface area contributed by atoms with Crippen LogP contribution in [-0.4, -0.2) is 52.5 Å². The minimum absolute atomic E-state index is 0.0414. The van der Waals surface area contributed by atoms with Crippen molar-refractivity contribution in [1.82, 2.24) is 10.2 Å². The molecule has 2 rings (SSSR count). The number of nitrogens with one attached hydrogen (secondary N) is 1. The molecule has 0 bridgehead atoms. The number of allylic oxidation sites excluding steroid dienone is 2. The number of carbonyl (C=O) groups is 3. The van der Waals surface area contributed by atoms with Gasteiger partial charge in [-0.05, 0) is 18.8 Å². The fourth-order valence-electron chi connectivity index (χ4n) is 2.24. The lowest BCUT2D eigenvalue weighted by atomic mass is 10.1. The Labute approximate surface area is 138 Å². The molecule has 6 nitrogen and oxygen atoms in total. The predicted octanol–water partition coefficient (Wildman–Crippen LogP) is 0.862. The van der Waals surface area contributed by atoms with Gasteiger partial charge in [0.05, 0.1) is 12.2 Å². The van der Waals surface area contributed by atoms with Gasteiger partial charge in [0.15, 0.2) is 6.61 Å². The SMILES string of the molecule is O=C(COC(=O)C[C@@H]1C=CCC1)NCCN1C(=O)CSC1=S. The van der Waals surface area contributed by atoms with Gasteiger partial charge < -0.3 is 10.1 Å². The van der Waals surface area contributed by atoms with E-state index in [0.717, 1.165) is 12.8 Å². The molecule has 0 aromatic heterocycles. The molecule has 0 spiro atoms. The fourth-order valence-corrected chi connectivity index (χ4v) is 3.36. The molecular weight excluding hydrogens is 324 g/mol. The fraction of sp³-hybridized carbons (Fsp3) is 0.571. The van der Waals surface area contributed by atoms with Crippen molar-refractivity contribution in [3.8, 4) is 0 Å². The van der Waals surface area contributed by atoms with Crippen LogP contribution in [0.2, 0.25) is 0 Å². The van der Waals surface area contributed by atoms with Crippen LogP contribution in [0.3, 0.4) is 0 Å². The number of esters is 1. The molecule has 8 heteroatoms. The summed E-state index contributed by atoms with van der Waals surface area (Å²) in [6, 6.07) is 0. The van der Waals surface area contributed by atoms with Crippen LogP contribution >= 0.6 is 24.0 Å². The second-order valence-electron chi connectivity index (χ2n) is 5.08. The van der Waals surface area contributed by atoms with Crippen LogP contribution in [0.25, 0.3) is 0 Å². The number of hydrogen-bond acceptors (Lipinski definition) is 6. The monoisotopic (exact) mass is 342 g/mol. The van der Waals surface area contributed by atoms with Crippen LogP contribution in [-0.2, 0) is 19.1 Å². The second-order valence-corrected chi connectivity index (χ2v) is 6.69. The lowest BCUT2D eigenvalue weighted by Crippen LogP contribution is -2.38. The molecule has 120 valence electrons. The van der Waals surface area contributed by atoms with E-state index in [9.17, 15) is 14.4 Å². The van der Waals surface area contributed by atoms with Crippen molar-refractivity contribution in [2.45, 2.75) is 19.3 Å². The average Bonchev–Trinajstić information content (AvgIpc) is 3.09. The van der Waals surface area contributed by atoms with E-state index in [1.165, 1.54) is 16.7 Å². The Balaban J connectivity index is 1.57. The van der Waals surface area contributed by atoms with E-state index >= 15 is 0 Å². The van der Waals surface area contributed by atoms with E-state index < -0.39 is 0 Å². The van der Waals surface area contributed by atoms with Gasteiger partial charge in [0.2, 0.25) is 5.91 Å². The summed E-state index contributed by atoms with van der Waals surface area (Å²) >= 11 is 6.35. The van der Waals surface area contributed by atoms with Crippen molar-refractivity contribution < 1.29 is 19.1 Å². The molecule has 1 aliphatic carbocycles. The van der Waals surface area contributed by atoms with Gasteiger partial charge in [-0.2, -0.15) is 0 Å². The summed E-state index contributed by atoms with van der Waals surface area (Å²) < 4.78 is 5.47. The molecular formula is C14H18N2O4S2. The standard InChI is InChI=1S/C14H18N2O4S2/c17-11(8-20-13(19)7-10-3-1-2-4-10)15-5-6-16-12(18)9-22-14(16)21/h1,3,10H,2,4-9H2,(H,15,17)/t10-/m1/s1. The zero-order valence-electron chi connectivity index (χ0n) is 12.1. The molecule has 0 saturated carbocycles. The number of thiocarbonyl (C=S) groups is 1. The summed E-state index contributed by atoms with van der Waals surface area (Å²) in [6.45, 7) is 0.341. The minimum atomic E-state index is -0.375. The molecule has 0 aromatic carbocycles. The van der Waals surface area contributed by atoms with Crippen molar-refractivity contribution in [1.29, 1.82) is 0 Å². The molecule has 0 radical (unpaired) electrons. The van der Waals surface area contributed by atoms with Crippen LogP contribution < -0.4 is 5.32 Å². The first kappa shape index (κ1) is 17.0.